The first-order valence-electron chi connectivity index (χ1n) is 10.3. The van der Waals surface area contributed by atoms with E-state index in [0.29, 0.717) is 6.04 Å². The monoisotopic (exact) mass is 382 g/mol. The number of rotatable bonds is 7. The summed E-state index contributed by atoms with van der Waals surface area (Å²) in [5, 5.41) is 14.1. The summed E-state index contributed by atoms with van der Waals surface area (Å²) in [5.74, 6) is 0. The number of hydrogen-bond donors (Lipinski definition) is 1. The standard InChI is InChI=1S/C23H34N4O/c1-18(2)8-10-26-12-11-25(17-23(26)9-13-28)16-21-6-5-7-22(15-21)27-20(4)14-19(3)24-27/h5-8,14-15,23,28H,9-13,16-17H2,1-4H3/t23-/m1/s1. The van der Waals surface area contributed by atoms with Crippen LogP contribution in [0.25, 0.3) is 5.69 Å². The van der Waals surface area contributed by atoms with Gasteiger partial charge < -0.3 is 5.11 Å². The molecule has 1 N–H and O–H groups in total. The smallest absolute Gasteiger partial charge is 0.0651 e. The van der Waals surface area contributed by atoms with Crippen LogP contribution in [0.4, 0.5) is 0 Å². The van der Waals surface area contributed by atoms with Crippen LogP contribution < -0.4 is 0 Å². The van der Waals surface area contributed by atoms with Crippen molar-refractivity contribution in [2.75, 3.05) is 32.8 Å². The van der Waals surface area contributed by atoms with Crippen LogP contribution >= 0.6 is 0 Å². The number of allylic oxidation sites excluding steroid dienone is 1. The average Bonchev–Trinajstić information content (AvgIpc) is 3.00. The third-order valence-corrected chi connectivity index (χ3v) is 5.46. The summed E-state index contributed by atoms with van der Waals surface area (Å²) < 4.78 is 2.02. The van der Waals surface area contributed by atoms with Crippen molar-refractivity contribution in [2.45, 2.75) is 46.7 Å². The quantitative estimate of drug-likeness (QED) is 0.746. The van der Waals surface area contributed by atoms with Gasteiger partial charge in [-0.25, -0.2) is 4.68 Å². The molecule has 152 valence electrons. The van der Waals surface area contributed by atoms with Crippen molar-refractivity contribution < 1.29 is 5.11 Å². The largest absolute Gasteiger partial charge is 0.396 e. The Morgan fingerprint density at radius 3 is 2.71 bits per heavy atom. The van der Waals surface area contributed by atoms with Crippen LogP contribution in [-0.2, 0) is 6.54 Å². The van der Waals surface area contributed by atoms with Gasteiger partial charge in [0.25, 0.3) is 0 Å². The maximum absolute atomic E-state index is 9.51. The van der Waals surface area contributed by atoms with Crippen molar-refractivity contribution in [1.29, 1.82) is 0 Å². The summed E-state index contributed by atoms with van der Waals surface area (Å²) in [5.41, 5.74) is 5.99. The van der Waals surface area contributed by atoms with Crippen LogP contribution in [0, 0.1) is 13.8 Å². The fraction of sp³-hybridized carbons (Fsp3) is 0.522. The molecule has 0 radical (unpaired) electrons. The van der Waals surface area contributed by atoms with E-state index in [-0.39, 0.29) is 6.61 Å². The number of aliphatic hydroxyl groups excluding tert-OH is 1. The number of hydrogen-bond acceptors (Lipinski definition) is 4. The Morgan fingerprint density at radius 2 is 2.04 bits per heavy atom. The van der Waals surface area contributed by atoms with Crippen LogP contribution in [0.5, 0.6) is 0 Å². The lowest BCUT2D eigenvalue weighted by Crippen LogP contribution is -2.53. The number of aromatic nitrogens is 2. The molecule has 1 atom stereocenters. The number of nitrogens with zero attached hydrogens (tertiary/aromatic N) is 4. The zero-order chi connectivity index (χ0) is 20.1. The van der Waals surface area contributed by atoms with E-state index < -0.39 is 0 Å². The first kappa shape index (κ1) is 20.8. The molecule has 2 heterocycles. The summed E-state index contributed by atoms with van der Waals surface area (Å²) >= 11 is 0. The topological polar surface area (TPSA) is 44.5 Å². The first-order chi connectivity index (χ1) is 13.5. The molecular formula is C23H34N4O. The number of aliphatic hydroxyl groups is 1. The molecule has 0 saturated carbocycles. The van der Waals surface area contributed by atoms with Crippen LogP contribution in [0.1, 0.15) is 37.2 Å². The second kappa shape index (κ2) is 9.50. The molecule has 1 aliphatic heterocycles. The van der Waals surface area contributed by atoms with Crippen LogP contribution in [0.2, 0.25) is 0 Å². The lowest BCUT2D eigenvalue weighted by atomic mass is 10.1. The molecular weight excluding hydrogens is 348 g/mol. The second-order valence-electron chi connectivity index (χ2n) is 8.19. The Balaban J connectivity index is 1.68. The van der Waals surface area contributed by atoms with E-state index in [4.69, 9.17) is 0 Å². The molecule has 1 aliphatic rings. The van der Waals surface area contributed by atoms with Crippen molar-refractivity contribution in [1.82, 2.24) is 19.6 Å². The van der Waals surface area contributed by atoms with Gasteiger partial charge in [-0.05, 0) is 57.9 Å². The Bertz CT molecular complexity index is 807. The zero-order valence-corrected chi connectivity index (χ0v) is 17.7. The van der Waals surface area contributed by atoms with Gasteiger partial charge in [0.15, 0.2) is 0 Å². The highest BCUT2D eigenvalue weighted by atomic mass is 16.3. The lowest BCUT2D eigenvalue weighted by molar-refractivity contribution is 0.0637. The second-order valence-corrected chi connectivity index (χ2v) is 8.19. The zero-order valence-electron chi connectivity index (χ0n) is 17.7. The van der Waals surface area contributed by atoms with Crippen LogP contribution in [0.15, 0.2) is 42.0 Å². The lowest BCUT2D eigenvalue weighted by Gasteiger charge is -2.41. The maximum atomic E-state index is 9.51. The average molecular weight is 383 g/mol. The summed E-state index contributed by atoms with van der Waals surface area (Å²) in [4.78, 5) is 5.02. The summed E-state index contributed by atoms with van der Waals surface area (Å²) in [7, 11) is 0. The molecule has 0 bridgehead atoms. The third-order valence-electron chi connectivity index (χ3n) is 5.46. The van der Waals surface area contributed by atoms with Gasteiger partial charge in [-0.3, -0.25) is 9.80 Å². The van der Waals surface area contributed by atoms with E-state index in [2.05, 4.69) is 72.1 Å². The van der Waals surface area contributed by atoms with Gasteiger partial charge in [0, 0.05) is 51.1 Å². The molecule has 28 heavy (non-hydrogen) atoms. The van der Waals surface area contributed by atoms with Crippen molar-refractivity contribution in [3.63, 3.8) is 0 Å². The van der Waals surface area contributed by atoms with Crippen molar-refractivity contribution in [3.8, 4) is 5.69 Å². The normalized spacial score (nSPS) is 18.4. The molecule has 3 rings (SSSR count). The Kier molecular flexibility index (Phi) is 7.05. The highest BCUT2D eigenvalue weighted by Crippen LogP contribution is 2.18. The van der Waals surface area contributed by atoms with Crippen LogP contribution in [-0.4, -0.2) is 63.5 Å². The molecule has 0 unspecified atom stereocenters. The van der Waals surface area contributed by atoms with Crippen molar-refractivity contribution in [3.05, 3.63) is 58.9 Å². The minimum absolute atomic E-state index is 0.247. The minimum Gasteiger partial charge on any atom is -0.396 e. The number of benzene rings is 1. The van der Waals surface area contributed by atoms with Crippen molar-refractivity contribution >= 4 is 0 Å². The fourth-order valence-electron chi connectivity index (χ4n) is 4.00. The van der Waals surface area contributed by atoms with Gasteiger partial charge in [0.05, 0.1) is 11.4 Å². The Hall–Kier alpha value is -1.95. The SMILES string of the molecule is CC(C)=CCN1CCN(Cc2cccc(-n3nc(C)cc3C)c2)C[C@H]1CCO. The molecule has 0 aliphatic carbocycles. The molecule has 0 spiro atoms. The summed E-state index contributed by atoms with van der Waals surface area (Å²) in [6.07, 6.45) is 3.12. The van der Waals surface area contributed by atoms with E-state index in [1.54, 1.807) is 0 Å². The molecule has 1 aromatic carbocycles. The van der Waals surface area contributed by atoms with Gasteiger partial charge in [-0.1, -0.05) is 23.8 Å². The van der Waals surface area contributed by atoms with Crippen LogP contribution in [0.3, 0.4) is 0 Å². The molecule has 5 nitrogen and oxygen atoms in total. The number of piperazine rings is 1. The summed E-state index contributed by atoms with van der Waals surface area (Å²) in [6, 6.07) is 11.2. The molecule has 1 fully saturated rings. The van der Waals surface area contributed by atoms with E-state index in [9.17, 15) is 5.11 Å². The minimum atomic E-state index is 0.247. The fourth-order valence-corrected chi connectivity index (χ4v) is 4.00. The molecule has 1 saturated heterocycles. The molecule has 2 aromatic rings. The van der Waals surface area contributed by atoms with Gasteiger partial charge in [-0.15, -0.1) is 0 Å². The van der Waals surface area contributed by atoms with Gasteiger partial charge in [-0.2, -0.15) is 5.10 Å². The van der Waals surface area contributed by atoms with E-state index in [1.165, 1.54) is 11.1 Å². The maximum Gasteiger partial charge on any atom is 0.0651 e. The molecule has 0 amide bonds. The van der Waals surface area contributed by atoms with E-state index in [0.717, 1.165) is 56.2 Å². The highest BCUT2D eigenvalue weighted by Gasteiger charge is 2.25. The predicted molar refractivity (Wildman–Crippen MR) is 115 cm³/mol. The molecule has 1 aromatic heterocycles. The van der Waals surface area contributed by atoms with Gasteiger partial charge >= 0.3 is 0 Å². The first-order valence-corrected chi connectivity index (χ1v) is 10.3. The number of aryl methyl sites for hydroxylation is 2. The molecule has 5 heteroatoms. The Morgan fingerprint density at radius 1 is 1.21 bits per heavy atom. The predicted octanol–water partition coefficient (Wildman–Crippen LogP) is 3.32. The van der Waals surface area contributed by atoms with Gasteiger partial charge in [0.2, 0.25) is 0 Å². The van der Waals surface area contributed by atoms with E-state index >= 15 is 0 Å². The summed E-state index contributed by atoms with van der Waals surface area (Å²) in [6.45, 7) is 13.7. The highest BCUT2D eigenvalue weighted by molar-refractivity contribution is 5.37. The van der Waals surface area contributed by atoms with E-state index in [1.807, 2.05) is 11.6 Å². The third kappa shape index (κ3) is 5.31. The van der Waals surface area contributed by atoms with Gasteiger partial charge in [0.1, 0.15) is 0 Å². The van der Waals surface area contributed by atoms with Crippen molar-refractivity contribution in [2.24, 2.45) is 0 Å². The Labute approximate surface area is 169 Å².